The molecule has 1 fully saturated rings. The topological polar surface area (TPSA) is 117 Å². The number of aromatic amines is 1. The zero-order chi connectivity index (χ0) is 24.9. The van der Waals surface area contributed by atoms with E-state index in [0.29, 0.717) is 17.0 Å². The van der Waals surface area contributed by atoms with E-state index in [1.54, 1.807) is 6.20 Å². The lowest BCUT2D eigenvalue weighted by atomic mass is 9.72. The fourth-order valence-corrected chi connectivity index (χ4v) is 5.16. The summed E-state index contributed by atoms with van der Waals surface area (Å²) in [6.07, 6.45) is 3.30. The van der Waals surface area contributed by atoms with E-state index in [4.69, 9.17) is 9.40 Å². The molecule has 0 atom stereocenters. The van der Waals surface area contributed by atoms with Crippen molar-refractivity contribution in [3.8, 4) is 33.7 Å². The normalized spacial score (nSPS) is 14.5. The maximum Gasteiger partial charge on any atom is 0.405 e. The molecule has 3 aromatic heterocycles. The highest BCUT2D eigenvalue weighted by Gasteiger charge is 2.40. The number of fused-ring (bicyclic) bond motifs is 1. The number of nitrogens with zero attached hydrogens (tertiary/aromatic N) is 3. The third-order valence-corrected chi connectivity index (χ3v) is 7.10. The number of carboxylic acid groups (broad SMARTS) is 1. The number of furan rings is 1. The Morgan fingerprint density at radius 1 is 1.03 bits per heavy atom. The fraction of sp³-hybridized carbons (Fsp3) is 0.214. The van der Waals surface area contributed by atoms with Gasteiger partial charge in [-0.15, -0.1) is 0 Å². The monoisotopic (exact) mass is 479 g/mol. The Morgan fingerprint density at radius 3 is 2.39 bits per heavy atom. The molecular weight excluding hydrogens is 454 g/mol. The molecule has 0 aliphatic heterocycles. The van der Waals surface area contributed by atoms with Crippen molar-refractivity contribution in [1.82, 2.24) is 25.5 Å². The van der Waals surface area contributed by atoms with Crippen molar-refractivity contribution in [3.63, 3.8) is 0 Å². The van der Waals surface area contributed by atoms with Gasteiger partial charge in [0.05, 0.1) is 28.7 Å². The maximum atomic E-state index is 11.4. The molecule has 5 aromatic rings. The minimum Gasteiger partial charge on any atom is -0.465 e. The van der Waals surface area contributed by atoms with E-state index in [1.165, 1.54) is 0 Å². The van der Waals surface area contributed by atoms with Crippen LogP contribution < -0.4 is 5.32 Å². The van der Waals surface area contributed by atoms with Crippen molar-refractivity contribution in [1.29, 1.82) is 0 Å². The van der Waals surface area contributed by atoms with Crippen molar-refractivity contribution >= 4 is 17.3 Å². The Labute approximate surface area is 207 Å². The third kappa shape index (κ3) is 3.53. The number of aryl methyl sites for hydroxylation is 2. The number of aromatic nitrogens is 4. The number of hydrogen-bond acceptors (Lipinski definition) is 5. The fourth-order valence-electron chi connectivity index (χ4n) is 5.16. The lowest BCUT2D eigenvalue weighted by molar-refractivity contribution is 0.144. The average molecular weight is 480 g/mol. The first kappa shape index (κ1) is 22.0. The van der Waals surface area contributed by atoms with Gasteiger partial charge >= 0.3 is 6.09 Å². The predicted octanol–water partition coefficient (Wildman–Crippen LogP) is 6.21. The average Bonchev–Trinajstić information content (AvgIpc) is 3.41. The molecule has 1 aliphatic carbocycles. The molecule has 0 bridgehead atoms. The van der Waals surface area contributed by atoms with Crippen LogP contribution in [0.3, 0.4) is 0 Å². The number of amides is 1. The highest BCUT2D eigenvalue weighted by Crippen LogP contribution is 2.44. The van der Waals surface area contributed by atoms with Crippen LogP contribution in [0.25, 0.3) is 44.9 Å². The van der Waals surface area contributed by atoms with Crippen LogP contribution in [0.2, 0.25) is 0 Å². The molecule has 1 aliphatic rings. The molecule has 0 spiro atoms. The molecule has 0 radical (unpaired) electrons. The van der Waals surface area contributed by atoms with Gasteiger partial charge in [-0.1, -0.05) is 54.6 Å². The Bertz CT molecular complexity index is 1560. The van der Waals surface area contributed by atoms with Crippen molar-refractivity contribution in [2.75, 3.05) is 0 Å². The van der Waals surface area contributed by atoms with Gasteiger partial charge in [-0.3, -0.25) is 5.10 Å². The summed E-state index contributed by atoms with van der Waals surface area (Å²) in [6, 6.07) is 17.9. The largest absolute Gasteiger partial charge is 0.465 e. The molecule has 180 valence electrons. The Morgan fingerprint density at radius 2 is 1.78 bits per heavy atom. The maximum absolute atomic E-state index is 11.4. The van der Waals surface area contributed by atoms with E-state index in [-0.39, 0.29) is 0 Å². The molecule has 8 heteroatoms. The van der Waals surface area contributed by atoms with Gasteiger partial charge in [0, 0.05) is 16.8 Å². The standard InChI is InChI=1S/C28H25N5O3/c1-16-22(17(2)33-32-16)21-15-29-26-24(30-21)23(18-7-4-3-5-8-18)25(36-26)19-9-11-20(12-10-19)28(13-6-14-28)31-27(34)35/h3-5,7-12,15,31H,6,13-14H2,1-2H3,(H,32,33)(H,34,35). The number of hydrogen-bond donors (Lipinski definition) is 3. The zero-order valence-electron chi connectivity index (χ0n) is 20.0. The van der Waals surface area contributed by atoms with Crippen LogP contribution in [0.15, 0.2) is 65.2 Å². The van der Waals surface area contributed by atoms with Crippen LogP contribution in [-0.2, 0) is 5.54 Å². The molecule has 1 saturated carbocycles. The number of benzene rings is 2. The van der Waals surface area contributed by atoms with E-state index in [9.17, 15) is 9.90 Å². The zero-order valence-corrected chi connectivity index (χ0v) is 20.0. The molecule has 0 saturated heterocycles. The molecule has 2 aromatic carbocycles. The number of rotatable bonds is 5. The van der Waals surface area contributed by atoms with Gasteiger partial charge in [-0.25, -0.2) is 14.8 Å². The molecule has 3 N–H and O–H groups in total. The van der Waals surface area contributed by atoms with Crippen LogP contribution >= 0.6 is 0 Å². The summed E-state index contributed by atoms with van der Waals surface area (Å²) in [4.78, 5) is 21.0. The van der Waals surface area contributed by atoms with Gasteiger partial charge < -0.3 is 14.8 Å². The van der Waals surface area contributed by atoms with Crippen molar-refractivity contribution in [3.05, 3.63) is 77.7 Å². The summed E-state index contributed by atoms with van der Waals surface area (Å²) in [6.45, 7) is 3.91. The van der Waals surface area contributed by atoms with Crippen LogP contribution in [0, 0.1) is 13.8 Å². The van der Waals surface area contributed by atoms with Crippen LogP contribution in [0.5, 0.6) is 0 Å². The molecule has 1 amide bonds. The van der Waals surface area contributed by atoms with E-state index >= 15 is 0 Å². The van der Waals surface area contributed by atoms with Gasteiger partial charge in [0.15, 0.2) is 0 Å². The van der Waals surface area contributed by atoms with E-state index in [1.807, 2.05) is 68.4 Å². The van der Waals surface area contributed by atoms with Gasteiger partial charge in [0.2, 0.25) is 5.71 Å². The van der Waals surface area contributed by atoms with E-state index in [0.717, 1.165) is 64.2 Å². The van der Waals surface area contributed by atoms with E-state index in [2.05, 4.69) is 20.5 Å². The molecule has 36 heavy (non-hydrogen) atoms. The highest BCUT2D eigenvalue weighted by molar-refractivity contribution is 5.98. The lowest BCUT2D eigenvalue weighted by Gasteiger charge is -2.42. The second-order valence-electron chi connectivity index (χ2n) is 9.33. The summed E-state index contributed by atoms with van der Waals surface area (Å²) >= 11 is 0. The molecule has 6 rings (SSSR count). The Hall–Kier alpha value is -4.46. The molecule has 0 unspecified atom stereocenters. The predicted molar refractivity (Wildman–Crippen MR) is 136 cm³/mol. The quantitative estimate of drug-likeness (QED) is 0.276. The first-order valence-electron chi connectivity index (χ1n) is 11.9. The number of H-pyrrole nitrogens is 1. The van der Waals surface area contributed by atoms with Crippen molar-refractivity contribution in [2.45, 2.75) is 38.6 Å². The summed E-state index contributed by atoms with van der Waals surface area (Å²) in [5.74, 6) is 0.675. The highest BCUT2D eigenvalue weighted by atomic mass is 16.4. The second-order valence-corrected chi connectivity index (χ2v) is 9.33. The Balaban J connectivity index is 1.50. The van der Waals surface area contributed by atoms with Crippen LogP contribution in [0.1, 0.15) is 36.2 Å². The molecule has 3 heterocycles. The second kappa shape index (κ2) is 8.34. The third-order valence-electron chi connectivity index (χ3n) is 7.10. The van der Waals surface area contributed by atoms with Crippen molar-refractivity contribution in [2.24, 2.45) is 0 Å². The van der Waals surface area contributed by atoms with Gasteiger partial charge in [-0.2, -0.15) is 5.10 Å². The minimum absolute atomic E-state index is 0.457. The first-order valence-corrected chi connectivity index (χ1v) is 11.9. The SMILES string of the molecule is Cc1n[nH]c(C)c1-c1cnc2oc(-c3ccc(C4(NC(=O)O)CCC4)cc3)c(-c3ccccc3)c2n1. The van der Waals surface area contributed by atoms with Gasteiger partial charge in [-0.05, 0) is 44.2 Å². The van der Waals surface area contributed by atoms with E-state index < -0.39 is 11.6 Å². The lowest BCUT2D eigenvalue weighted by Crippen LogP contribution is -2.50. The summed E-state index contributed by atoms with van der Waals surface area (Å²) < 4.78 is 6.30. The summed E-state index contributed by atoms with van der Waals surface area (Å²) in [5.41, 5.74) is 7.77. The minimum atomic E-state index is -1.00. The smallest absolute Gasteiger partial charge is 0.405 e. The van der Waals surface area contributed by atoms with Crippen LogP contribution in [-0.4, -0.2) is 31.4 Å². The van der Waals surface area contributed by atoms with Crippen LogP contribution in [0.4, 0.5) is 4.79 Å². The van der Waals surface area contributed by atoms with Gasteiger partial charge in [0.25, 0.3) is 0 Å². The summed E-state index contributed by atoms with van der Waals surface area (Å²) in [5, 5.41) is 19.4. The Kier molecular flexibility index (Phi) is 5.10. The molecular formula is C28H25N5O3. The summed E-state index contributed by atoms with van der Waals surface area (Å²) in [7, 11) is 0. The first-order chi connectivity index (χ1) is 17.4. The number of carbonyl (C=O) groups is 1. The number of nitrogens with one attached hydrogen (secondary N) is 2. The van der Waals surface area contributed by atoms with Gasteiger partial charge in [0.1, 0.15) is 11.3 Å². The van der Waals surface area contributed by atoms with Crippen molar-refractivity contribution < 1.29 is 14.3 Å². The molecule has 8 nitrogen and oxygen atoms in total.